The van der Waals surface area contributed by atoms with Crippen molar-refractivity contribution in [2.45, 2.75) is 18.9 Å². The molecule has 14 heavy (non-hydrogen) atoms. The lowest BCUT2D eigenvalue weighted by atomic mass is 10.2. The van der Waals surface area contributed by atoms with Gasteiger partial charge in [0, 0.05) is 11.6 Å². The molecule has 0 aliphatic heterocycles. The molecule has 0 amide bonds. The van der Waals surface area contributed by atoms with E-state index in [1.807, 2.05) is 12.1 Å². The first-order valence-electron chi connectivity index (χ1n) is 4.52. The minimum absolute atomic E-state index is 0.380. The highest BCUT2D eigenvalue weighted by Crippen LogP contribution is 2.29. The van der Waals surface area contributed by atoms with Gasteiger partial charge in [-0.15, -0.1) is 0 Å². The number of nitrogens with one attached hydrogen (secondary N) is 1. The fourth-order valence-corrected chi connectivity index (χ4v) is 1.60. The molecular weight excluding hydrogens is 216 g/mol. The fourth-order valence-electron chi connectivity index (χ4n) is 1.23. The maximum atomic E-state index is 6.07. The molecule has 1 fully saturated rings. The van der Waals surface area contributed by atoms with Gasteiger partial charge < -0.3 is 11.1 Å². The van der Waals surface area contributed by atoms with Crippen molar-refractivity contribution < 1.29 is 0 Å². The third kappa shape index (κ3) is 2.16. The molecule has 2 rings (SSSR count). The molecule has 0 unspecified atom stereocenters. The first-order valence-corrected chi connectivity index (χ1v) is 5.31. The van der Waals surface area contributed by atoms with Crippen molar-refractivity contribution in [3.63, 3.8) is 0 Å². The normalized spacial score (nSPS) is 15.2. The summed E-state index contributed by atoms with van der Waals surface area (Å²) in [6.45, 7) is 0. The minimum atomic E-state index is 0.380. The highest BCUT2D eigenvalue weighted by Gasteiger charge is 2.21. The van der Waals surface area contributed by atoms with Gasteiger partial charge in [-0.3, -0.25) is 0 Å². The molecule has 1 aromatic carbocycles. The van der Waals surface area contributed by atoms with Crippen LogP contribution in [0, 0.1) is 0 Å². The predicted molar refractivity (Wildman–Crippen MR) is 64.0 cm³/mol. The molecule has 4 heteroatoms. The van der Waals surface area contributed by atoms with Crippen molar-refractivity contribution in [1.82, 2.24) is 0 Å². The molecule has 74 valence electrons. The Morgan fingerprint density at radius 2 is 2.21 bits per heavy atom. The molecule has 2 nitrogen and oxygen atoms in total. The van der Waals surface area contributed by atoms with Gasteiger partial charge in [-0.1, -0.05) is 23.8 Å². The van der Waals surface area contributed by atoms with Gasteiger partial charge in [0.15, 0.2) is 0 Å². The Hall–Kier alpha value is -0.800. The number of hydrogen-bond acceptors (Lipinski definition) is 2. The van der Waals surface area contributed by atoms with Gasteiger partial charge in [0.25, 0.3) is 0 Å². The maximum absolute atomic E-state index is 6.07. The molecule has 1 aliphatic carbocycles. The maximum Gasteiger partial charge on any atom is 0.104 e. The summed E-state index contributed by atoms with van der Waals surface area (Å²) in [6.07, 6.45) is 2.46. The van der Waals surface area contributed by atoms with Crippen molar-refractivity contribution in [2.24, 2.45) is 5.73 Å². The third-order valence-electron chi connectivity index (χ3n) is 2.19. The van der Waals surface area contributed by atoms with E-state index in [9.17, 15) is 0 Å². The Bertz CT molecular complexity index is 374. The summed E-state index contributed by atoms with van der Waals surface area (Å²) in [4.78, 5) is 0.380. The number of benzene rings is 1. The average Bonchev–Trinajstić information content (AvgIpc) is 2.92. The van der Waals surface area contributed by atoms with Gasteiger partial charge in [-0.25, -0.2) is 0 Å². The molecule has 0 heterocycles. The molecule has 0 saturated heterocycles. The second-order valence-electron chi connectivity index (χ2n) is 3.48. The van der Waals surface area contributed by atoms with E-state index >= 15 is 0 Å². The molecule has 0 aromatic heterocycles. The van der Waals surface area contributed by atoms with Gasteiger partial charge in [-0.2, -0.15) is 0 Å². The van der Waals surface area contributed by atoms with Crippen LogP contribution in [0.2, 0.25) is 5.02 Å². The van der Waals surface area contributed by atoms with Crippen LogP contribution in [-0.2, 0) is 0 Å². The summed E-state index contributed by atoms with van der Waals surface area (Å²) in [7, 11) is 0. The first kappa shape index (κ1) is 9.74. The van der Waals surface area contributed by atoms with Crippen molar-refractivity contribution in [1.29, 1.82) is 0 Å². The smallest absolute Gasteiger partial charge is 0.104 e. The van der Waals surface area contributed by atoms with Gasteiger partial charge in [0.2, 0.25) is 0 Å². The van der Waals surface area contributed by atoms with Crippen molar-refractivity contribution in [3.05, 3.63) is 28.8 Å². The zero-order valence-corrected chi connectivity index (χ0v) is 9.16. The Labute approximate surface area is 93.4 Å². The van der Waals surface area contributed by atoms with E-state index < -0.39 is 0 Å². The molecule has 0 spiro atoms. The number of anilines is 1. The predicted octanol–water partition coefficient (Wildman–Crippen LogP) is 2.55. The third-order valence-corrected chi connectivity index (χ3v) is 2.74. The van der Waals surface area contributed by atoms with Crippen molar-refractivity contribution >= 4 is 34.5 Å². The van der Waals surface area contributed by atoms with E-state index in [1.165, 1.54) is 12.8 Å². The number of nitrogens with two attached hydrogens (primary N) is 1. The number of halogens is 1. The van der Waals surface area contributed by atoms with Crippen LogP contribution in [0.3, 0.4) is 0 Å². The molecule has 0 radical (unpaired) electrons. The van der Waals surface area contributed by atoms with E-state index in [0.29, 0.717) is 16.1 Å². The van der Waals surface area contributed by atoms with Gasteiger partial charge >= 0.3 is 0 Å². The molecule has 1 saturated carbocycles. The Morgan fingerprint density at radius 3 is 2.71 bits per heavy atom. The summed E-state index contributed by atoms with van der Waals surface area (Å²) in [5.41, 5.74) is 7.28. The molecular formula is C10H11ClN2S. The summed E-state index contributed by atoms with van der Waals surface area (Å²) in [6, 6.07) is 6.21. The highest BCUT2D eigenvalue weighted by atomic mass is 35.5. The molecule has 1 aromatic rings. The SMILES string of the molecule is NC(=S)c1ccc(NC2CC2)c(Cl)c1. The van der Waals surface area contributed by atoms with Crippen LogP contribution in [0.5, 0.6) is 0 Å². The summed E-state index contributed by atoms with van der Waals surface area (Å²) in [5.74, 6) is 0. The number of rotatable bonds is 3. The number of hydrogen-bond donors (Lipinski definition) is 2. The van der Waals surface area contributed by atoms with E-state index in [4.69, 9.17) is 29.6 Å². The van der Waals surface area contributed by atoms with Crippen LogP contribution in [0.15, 0.2) is 18.2 Å². The zero-order chi connectivity index (χ0) is 10.1. The standard InChI is InChI=1S/C10H11ClN2S/c11-8-5-6(10(12)14)1-4-9(8)13-7-2-3-7/h1,4-5,7,13H,2-3H2,(H2,12,14). The molecule has 0 atom stereocenters. The van der Waals surface area contributed by atoms with Crippen LogP contribution < -0.4 is 11.1 Å². The Morgan fingerprint density at radius 1 is 1.50 bits per heavy atom. The summed E-state index contributed by atoms with van der Waals surface area (Å²) < 4.78 is 0. The average molecular weight is 227 g/mol. The Balaban J connectivity index is 2.21. The van der Waals surface area contributed by atoms with Crippen LogP contribution in [0.25, 0.3) is 0 Å². The zero-order valence-electron chi connectivity index (χ0n) is 7.59. The lowest BCUT2D eigenvalue weighted by Crippen LogP contribution is -2.09. The minimum Gasteiger partial charge on any atom is -0.389 e. The lowest BCUT2D eigenvalue weighted by molar-refractivity contribution is 1.16. The summed E-state index contributed by atoms with van der Waals surface area (Å²) >= 11 is 10.9. The van der Waals surface area contributed by atoms with Gasteiger partial charge in [0.05, 0.1) is 10.7 Å². The van der Waals surface area contributed by atoms with Crippen LogP contribution in [-0.4, -0.2) is 11.0 Å². The van der Waals surface area contributed by atoms with E-state index in [2.05, 4.69) is 5.32 Å². The van der Waals surface area contributed by atoms with E-state index in [-0.39, 0.29) is 0 Å². The molecule has 3 N–H and O–H groups in total. The van der Waals surface area contributed by atoms with Crippen LogP contribution in [0.1, 0.15) is 18.4 Å². The van der Waals surface area contributed by atoms with Crippen LogP contribution in [0.4, 0.5) is 5.69 Å². The Kier molecular flexibility index (Phi) is 2.61. The van der Waals surface area contributed by atoms with Crippen LogP contribution >= 0.6 is 23.8 Å². The van der Waals surface area contributed by atoms with Crippen molar-refractivity contribution in [2.75, 3.05) is 5.32 Å². The van der Waals surface area contributed by atoms with E-state index in [0.717, 1.165) is 11.3 Å². The van der Waals surface area contributed by atoms with E-state index in [1.54, 1.807) is 6.07 Å². The number of thiocarbonyl (C=S) groups is 1. The molecule has 0 bridgehead atoms. The second kappa shape index (κ2) is 3.75. The lowest BCUT2D eigenvalue weighted by Gasteiger charge is -2.08. The van der Waals surface area contributed by atoms with Gasteiger partial charge in [-0.05, 0) is 31.0 Å². The monoisotopic (exact) mass is 226 g/mol. The highest BCUT2D eigenvalue weighted by molar-refractivity contribution is 7.80. The molecule has 1 aliphatic rings. The topological polar surface area (TPSA) is 38.0 Å². The largest absolute Gasteiger partial charge is 0.389 e. The van der Waals surface area contributed by atoms with Crippen molar-refractivity contribution in [3.8, 4) is 0 Å². The van der Waals surface area contributed by atoms with Gasteiger partial charge in [0.1, 0.15) is 4.99 Å². The summed E-state index contributed by atoms with van der Waals surface area (Å²) in [5, 5.41) is 4.02. The second-order valence-corrected chi connectivity index (χ2v) is 4.32. The first-order chi connectivity index (χ1) is 6.66. The quantitative estimate of drug-likeness (QED) is 0.778. The fraction of sp³-hybridized carbons (Fsp3) is 0.300.